The SMILES string of the molecule is COc1cccc(-c2cc(C#N)c(NC(=O)COc3ccc(C)cc3)o2)c1. The molecule has 6 heteroatoms. The Morgan fingerprint density at radius 2 is 1.93 bits per heavy atom. The second-order valence-electron chi connectivity index (χ2n) is 5.85. The number of benzene rings is 2. The van der Waals surface area contributed by atoms with Gasteiger partial charge in [-0.15, -0.1) is 0 Å². The molecule has 3 rings (SSSR count). The summed E-state index contributed by atoms with van der Waals surface area (Å²) in [5, 5.41) is 11.9. The molecule has 0 unspecified atom stereocenters. The van der Waals surface area contributed by atoms with Crippen molar-refractivity contribution >= 4 is 11.8 Å². The largest absolute Gasteiger partial charge is 0.497 e. The summed E-state index contributed by atoms with van der Waals surface area (Å²) in [4.78, 5) is 12.1. The third-order valence-electron chi connectivity index (χ3n) is 3.85. The van der Waals surface area contributed by atoms with E-state index in [1.54, 1.807) is 31.4 Å². The van der Waals surface area contributed by atoms with Gasteiger partial charge in [0.05, 0.1) is 7.11 Å². The Morgan fingerprint density at radius 3 is 2.63 bits per heavy atom. The summed E-state index contributed by atoms with van der Waals surface area (Å²) in [7, 11) is 1.57. The number of ether oxygens (including phenoxy) is 2. The quantitative estimate of drug-likeness (QED) is 0.712. The number of carbonyl (C=O) groups excluding carboxylic acids is 1. The molecule has 136 valence electrons. The lowest BCUT2D eigenvalue weighted by molar-refractivity contribution is -0.118. The molecule has 0 aliphatic heterocycles. The van der Waals surface area contributed by atoms with E-state index in [-0.39, 0.29) is 18.1 Å². The van der Waals surface area contributed by atoms with Crippen LogP contribution in [0.1, 0.15) is 11.1 Å². The highest BCUT2D eigenvalue weighted by Crippen LogP contribution is 2.30. The van der Waals surface area contributed by atoms with Crippen LogP contribution in [-0.4, -0.2) is 19.6 Å². The Bertz CT molecular complexity index is 984. The van der Waals surface area contributed by atoms with Crippen LogP contribution in [0.2, 0.25) is 0 Å². The summed E-state index contributed by atoms with van der Waals surface area (Å²) >= 11 is 0. The number of rotatable bonds is 6. The summed E-state index contributed by atoms with van der Waals surface area (Å²) in [6.07, 6.45) is 0. The van der Waals surface area contributed by atoms with Crippen LogP contribution < -0.4 is 14.8 Å². The van der Waals surface area contributed by atoms with E-state index in [9.17, 15) is 10.1 Å². The number of nitriles is 1. The second kappa shape index (κ2) is 8.11. The predicted molar refractivity (Wildman–Crippen MR) is 101 cm³/mol. The molecule has 0 atom stereocenters. The van der Waals surface area contributed by atoms with Gasteiger partial charge in [-0.1, -0.05) is 29.8 Å². The average Bonchev–Trinajstić information content (AvgIpc) is 3.10. The maximum absolute atomic E-state index is 12.1. The van der Waals surface area contributed by atoms with Crippen LogP contribution in [0, 0.1) is 18.3 Å². The molecule has 0 saturated carbocycles. The normalized spacial score (nSPS) is 10.1. The van der Waals surface area contributed by atoms with Crippen molar-refractivity contribution < 1.29 is 18.7 Å². The van der Waals surface area contributed by atoms with Gasteiger partial charge in [-0.05, 0) is 31.2 Å². The first kappa shape index (κ1) is 18.1. The van der Waals surface area contributed by atoms with Crippen LogP contribution in [0.3, 0.4) is 0 Å². The summed E-state index contributed by atoms with van der Waals surface area (Å²) in [6, 6.07) is 18.2. The molecule has 0 aliphatic rings. The molecule has 1 aromatic heterocycles. The Hall–Kier alpha value is -3.72. The van der Waals surface area contributed by atoms with Gasteiger partial charge in [-0.2, -0.15) is 5.26 Å². The molecule has 0 saturated heterocycles. The van der Waals surface area contributed by atoms with E-state index in [4.69, 9.17) is 13.9 Å². The Morgan fingerprint density at radius 1 is 1.15 bits per heavy atom. The molecular formula is C21H18N2O4. The zero-order valence-electron chi connectivity index (χ0n) is 15.0. The lowest BCUT2D eigenvalue weighted by Crippen LogP contribution is -2.20. The van der Waals surface area contributed by atoms with E-state index in [0.717, 1.165) is 11.1 Å². The maximum Gasteiger partial charge on any atom is 0.264 e. The van der Waals surface area contributed by atoms with Crippen LogP contribution in [0.4, 0.5) is 5.88 Å². The number of amides is 1. The third kappa shape index (κ3) is 4.47. The van der Waals surface area contributed by atoms with Crippen molar-refractivity contribution in [2.45, 2.75) is 6.92 Å². The molecule has 1 N–H and O–H groups in total. The van der Waals surface area contributed by atoms with Gasteiger partial charge in [0.25, 0.3) is 5.91 Å². The zero-order chi connectivity index (χ0) is 19.2. The number of carbonyl (C=O) groups is 1. The van der Waals surface area contributed by atoms with Gasteiger partial charge in [-0.25, -0.2) is 0 Å². The summed E-state index contributed by atoms with van der Waals surface area (Å²) in [5.41, 5.74) is 2.07. The van der Waals surface area contributed by atoms with Crippen LogP contribution in [0.5, 0.6) is 11.5 Å². The molecule has 6 nitrogen and oxygen atoms in total. The number of hydrogen-bond donors (Lipinski definition) is 1. The third-order valence-corrected chi connectivity index (χ3v) is 3.85. The molecule has 0 radical (unpaired) electrons. The van der Waals surface area contributed by atoms with Crippen molar-refractivity contribution in [2.75, 3.05) is 19.0 Å². The lowest BCUT2D eigenvalue weighted by Gasteiger charge is -2.06. The smallest absolute Gasteiger partial charge is 0.264 e. The minimum Gasteiger partial charge on any atom is -0.497 e. The minimum absolute atomic E-state index is 0.0906. The Labute approximate surface area is 156 Å². The fourth-order valence-electron chi connectivity index (χ4n) is 2.43. The Kier molecular flexibility index (Phi) is 5.43. The standard InChI is InChI=1S/C21H18N2O4/c1-14-6-8-17(9-7-14)26-13-20(24)23-21-16(12-22)11-19(27-21)15-4-3-5-18(10-15)25-2/h3-11H,13H2,1-2H3,(H,23,24). The van der Waals surface area contributed by atoms with Gasteiger partial charge in [-0.3, -0.25) is 10.1 Å². The lowest BCUT2D eigenvalue weighted by atomic mass is 10.1. The highest BCUT2D eigenvalue weighted by Gasteiger charge is 2.15. The molecule has 1 amide bonds. The summed E-state index contributed by atoms with van der Waals surface area (Å²) in [6.45, 7) is 1.78. The van der Waals surface area contributed by atoms with Gasteiger partial charge < -0.3 is 13.9 Å². The first-order chi connectivity index (χ1) is 13.1. The van der Waals surface area contributed by atoms with Crippen molar-refractivity contribution in [3.05, 3.63) is 65.7 Å². The summed E-state index contributed by atoms with van der Waals surface area (Å²) < 4.78 is 16.3. The van der Waals surface area contributed by atoms with Gasteiger partial charge in [0.2, 0.25) is 5.88 Å². The highest BCUT2D eigenvalue weighted by molar-refractivity contribution is 5.92. The number of aryl methyl sites for hydroxylation is 1. The Balaban J connectivity index is 1.70. The van der Waals surface area contributed by atoms with Crippen molar-refractivity contribution in [3.63, 3.8) is 0 Å². The summed E-state index contributed by atoms with van der Waals surface area (Å²) in [5.74, 6) is 1.39. The minimum atomic E-state index is -0.418. The predicted octanol–water partition coefficient (Wildman–Crippen LogP) is 4.15. The van der Waals surface area contributed by atoms with Crippen LogP contribution >= 0.6 is 0 Å². The fourth-order valence-corrected chi connectivity index (χ4v) is 2.43. The van der Waals surface area contributed by atoms with Gasteiger partial charge in [0.1, 0.15) is 28.9 Å². The van der Waals surface area contributed by atoms with Gasteiger partial charge >= 0.3 is 0 Å². The number of nitrogens with zero attached hydrogens (tertiary/aromatic N) is 1. The van der Waals surface area contributed by atoms with Crippen LogP contribution in [0.25, 0.3) is 11.3 Å². The van der Waals surface area contributed by atoms with Crippen molar-refractivity contribution in [2.24, 2.45) is 0 Å². The molecule has 0 spiro atoms. The van der Waals surface area contributed by atoms with E-state index in [1.807, 2.05) is 43.3 Å². The van der Waals surface area contributed by atoms with E-state index in [1.165, 1.54) is 0 Å². The number of furan rings is 1. The zero-order valence-corrected chi connectivity index (χ0v) is 15.0. The molecule has 27 heavy (non-hydrogen) atoms. The number of anilines is 1. The molecule has 0 bridgehead atoms. The van der Waals surface area contributed by atoms with Crippen molar-refractivity contribution in [3.8, 4) is 28.9 Å². The molecule has 0 fully saturated rings. The fraction of sp³-hybridized carbons (Fsp3) is 0.143. The van der Waals surface area contributed by atoms with Gasteiger partial charge in [0, 0.05) is 11.6 Å². The first-order valence-electron chi connectivity index (χ1n) is 8.26. The molecule has 3 aromatic rings. The van der Waals surface area contributed by atoms with E-state index in [0.29, 0.717) is 17.3 Å². The maximum atomic E-state index is 12.1. The van der Waals surface area contributed by atoms with E-state index < -0.39 is 5.91 Å². The van der Waals surface area contributed by atoms with Crippen molar-refractivity contribution in [1.29, 1.82) is 5.26 Å². The number of hydrogen-bond acceptors (Lipinski definition) is 5. The number of nitrogens with one attached hydrogen (secondary N) is 1. The van der Waals surface area contributed by atoms with E-state index in [2.05, 4.69) is 5.32 Å². The second-order valence-corrected chi connectivity index (χ2v) is 5.85. The topological polar surface area (TPSA) is 84.5 Å². The molecule has 0 aliphatic carbocycles. The highest BCUT2D eigenvalue weighted by atomic mass is 16.5. The first-order valence-corrected chi connectivity index (χ1v) is 8.26. The molecular weight excluding hydrogens is 344 g/mol. The van der Waals surface area contributed by atoms with Crippen LogP contribution in [0.15, 0.2) is 59.0 Å². The molecule has 1 heterocycles. The van der Waals surface area contributed by atoms with Gasteiger partial charge in [0.15, 0.2) is 6.61 Å². The average molecular weight is 362 g/mol. The van der Waals surface area contributed by atoms with Crippen molar-refractivity contribution in [1.82, 2.24) is 0 Å². The van der Waals surface area contributed by atoms with Crippen LogP contribution in [-0.2, 0) is 4.79 Å². The molecule has 2 aromatic carbocycles. The van der Waals surface area contributed by atoms with E-state index >= 15 is 0 Å². The number of methoxy groups -OCH3 is 1. The monoisotopic (exact) mass is 362 g/mol.